The summed E-state index contributed by atoms with van der Waals surface area (Å²) in [5.41, 5.74) is 2.26. The Hall–Kier alpha value is -1.72. The van der Waals surface area contributed by atoms with Gasteiger partial charge in [0, 0.05) is 17.1 Å². The zero-order valence-corrected chi connectivity index (χ0v) is 16.7. The molecule has 2 aromatic rings. The van der Waals surface area contributed by atoms with Crippen LogP contribution in [0.25, 0.3) is 0 Å². The fourth-order valence-electron chi connectivity index (χ4n) is 2.16. The van der Waals surface area contributed by atoms with Gasteiger partial charge in [0.05, 0.1) is 6.10 Å². The Bertz CT molecular complexity index is 654. The molecular formula is C20H26N2OS2. The number of anilines is 1. The number of rotatable bonds is 8. The molecule has 0 saturated heterocycles. The maximum absolute atomic E-state index is 5.63. The molecule has 0 atom stereocenters. The third kappa shape index (κ3) is 7.80. The standard InChI is InChI=1S/C20H26N2OS2/c1-15(2)23-18-9-7-17(8-10-18)22-20(24)21-13-4-14-25-19-11-5-16(3)6-12-19/h5-12,15H,4,13-14H2,1-3H3,(H2,21,22,24). The molecule has 0 aliphatic carbocycles. The van der Waals surface area contributed by atoms with E-state index in [4.69, 9.17) is 17.0 Å². The van der Waals surface area contributed by atoms with Gasteiger partial charge in [-0.1, -0.05) is 17.7 Å². The molecule has 0 saturated carbocycles. The lowest BCUT2D eigenvalue weighted by Gasteiger charge is -2.12. The van der Waals surface area contributed by atoms with Crippen molar-refractivity contribution in [1.29, 1.82) is 0 Å². The van der Waals surface area contributed by atoms with Crippen LogP contribution in [0.4, 0.5) is 5.69 Å². The molecule has 25 heavy (non-hydrogen) atoms. The quantitative estimate of drug-likeness (QED) is 0.375. The summed E-state index contributed by atoms with van der Waals surface area (Å²) >= 11 is 7.21. The highest BCUT2D eigenvalue weighted by molar-refractivity contribution is 7.99. The number of benzene rings is 2. The van der Waals surface area contributed by atoms with Crippen molar-refractivity contribution < 1.29 is 4.74 Å². The minimum Gasteiger partial charge on any atom is -0.491 e. The van der Waals surface area contributed by atoms with E-state index in [1.807, 2.05) is 49.9 Å². The predicted octanol–water partition coefficient (Wildman–Crippen LogP) is 5.25. The van der Waals surface area contributed by atoms with Crippen molar-refractivity contribution in [2.24, 2.45) is 0 Å². The van der Waals surface area contributed by atoms with Gasteiger partial charge in [0.25, 0.3) is 0 Å². The summed E-state index contributed by atoms with van der Waals surface area (Å²) in [6.07, 6.45) is 1.24. The molecule has 2 rings (SSSR count). The van der Waals surface area contributed by atoms with Gasteiger partial charge in [-0.2, -0.15) is 0 Å². The molecule has 0 unspecified atom stereocenters. The Balaban J connectivity index is 1.62. The fraction of sp³-hybridized carbons (Fsp3) is 0.350. The number of hydrogen-bond acceptors (Lipinski definition) is 3. The second kappa shape index (κ2) is 10.3. The van der Waals surface area contributed by atoms with Crippen LogP contribution in [0.3, 0.4) is 0 Å². The van der Waals surface area contributed by atoms with Gasteiger partial charge in [0.2, 0.25) is 0 Å². The lowest BCUT2D eigenvalue weighted by atomic mass is 10.2. The number of thioether (sulfide) groups is 1. The van der Waals surface area contributed by atoms with Crippen LogP contribution in [-0.2, 0) is 0 Å². The molecule has 0 aromatic heterocycles. The Morgan fingerprint density at radius 2 is 1.76 bits per heavy atom. The molecule has 0 amide bonds. The monoisotopic (exact) mass is 374 g/mol. The first-order valence-electron chi connectivity index (χ1n) is 8.54. The van der Waals surface area contributed by atoms with Gasteiger partial charge in [-0.05, 0) is 81.6 Å². The Morgan fingerprint density at radius 3 is 2.40 bits per heavy atom. The van der Waals surface area contributed by atoms with E-state index in [1.165, 1.54) is 10.5 Å². The smallest absolute Gasteiger partial charge is 0.170 e. The van der Waals surface area contributed by atoms with Crippen molar-refractivity contribution in [1.82, 2.24) is 5.32 Å². The molecule has 134 valence electrons. The van der Waals surface area contributed by atoms with Gasteiger partial charge in [0.15, 0.2) is 5.11 Å². The van der Waals surface area contributed by atoms with Crippen molar-refractivity contribution >= 4 is 34.8 Å². The van der Waals surface area contributed by atoms with Crippen molar-refractivity contribution in [3.8, 4) is 5.75 Å². The van der Waals surface area contributed by atoms with E-state index >= 15 is 0 Å². The maximum Gasteiger partial charge on any atom is 0.170 e. The molecule has 0 aliphatic rings. The third-order valence-electron chi connectivity index (χ3n) is 3.38. The SMILES string of the molecule is Cc1ccc(SCCCNC(=S)Nc2ccc(OC(C)C)cc2)cc1. The molecule has 0 fully saturated rings. The Kier molecular flexibility index (Phi) is 8.09. The lowest BCUT2D eigenvalue weighted by molar-refractivity contribution is 0.242. The normalized spacial score (nSPS) is 10.6. The van der Waals surface area contributed by atoms with Crippen LogP contribution >= 0.6 is 24.0 Å². The van der Waals surface area contributed by atoms with Gasteiger partial charge >= 0.3 is 0 Å². The topological polar surface area (TPSA) is 33.3 Å². The van der Waals surface area contributed by atoms with E-state index in [0.29, 0.717) is 5.11 Å². The second-order valence-electron chi connectivity index (χ2n) is 6.09. The highest BCUT2D eigenvalue weighted by Gasteiger charge is 2.00. The molecule has 0 spiro atoms. The van der Waals surface area contributed by atoms with Crippen LogP contribution in [0, 0.1) is 6.92 Å². The molecule has 0 radical (unpaired) electrons. The van der Waals surface area contributed by atoms with Crippen molar-refractivity contribution in [2.45, 2.75) is 38.2 Å². The highest BCUT2D eigenvalue weighted by atomic mass is 32.2. The van der Waals surface area contributed by atoms with Crippen LogP contribution < -0.4 is 15.4 Å². The van der Waals surface area contributed by atoms with E-state index < -0.39 is 0 Å². The van der Waals surface area contributed by atoms with Crippen molar-refractivity contribution in [2.75, 3.05) is 17.6 Å². The average Bonchev–Trinajstić information content (AvgIpc) is 2.57. The van der Waals surface area contributed by atoms with Crippen LogP contribution in [-0.4, -0.2) is 23.5 Å². The number of nitrogens with one attached hydrogen (secondary N) is 2. The zero-order chi connectivity index (χ0) is 18.1. The Labute approximate surface area is 160 Å². The summed E-state index contributed by atoms with van der Waals surface area (Å²) in [5, 5.41) is 7.10. The second-order valence-corrected chi connectivity index (χ2v) is 7.66. The van der Waals surface area contributed by atoms with Crippen molar-refractivity contribution in [3.05, 3.63) is 54.1 Å². The fourth-order valence-corrected chi connectivity index (χ4v) is 3.24. The van der Waals surface area contributed by atoms with Crippen LogP contribution in [0.1, 0.15) is 25.8 Å². The first kappa shape index (κ1) is 19.6. The van der Waals surface area contributed by atoms with Gasteiger partial charge in [0.1, 0.15) is 5.75 Å². The summed E-state index contributed by atoms with van der Waals surface area (Å²) in [4.78, 5) is 1.31. The summed E-state index contributed by atoms with van der Waals surface area (Å²) < 4.78 is 5.63. The summed E-state index contributed by atoms with van der Waals surface area (Å²) in [6.45, 7) is 7.00. The summed E-state index contributed by atoms with van der Waals surface area (Å²) in [7, 11) is 0. The van der Waals surface area contributed by atoms with Gasteiger partial charge in [-0.15, -0.1) is 11.8 Å². The summed E-state index contributed by atoms with van der Waals surface area (Å²) in [6, 6.07) is 16.5. The molecule has 2 aromatic carbocycles. The maximum atomic E-state index is 5.63. The van der Waals surface area contributed by atoms with E-state index in [9.17, 15) is 0 Å². The number of thiocarbonyl (C=S) groups is 1. The van der Waals surface area contributed by atoms with Crippen LogP contribution in [0.5, 0.6) is 5.75 Å². The highest BCUT2D eigenvalue weighted by Crippen LogP contribution is 2.19. The third-order valence-corrected chi connectivity index (χ3v) is 4.73. The Morgan fingerprint density at radius 1 is 1.08 bits per heavy atom. The van der Waals surface area contributed by atoms with Crippen molar-refractivity contribution in [3.63, 3.8) is 0 Å². The number of hydrogen-bond donors (Lipinski definition) is 2. The average molecular weight is 375 g/mol. The van der Waals surface area contributed by atoms with Gasteiger partial charge in [-0.25, -0.2) is 0 Å². The van der Waals surface area contributed by atoms with E-state index in [0.717, 1.165) is 30.2 Å². The van der Waals surface area contributed by atoms with E-state index in [-0.39, 0.29) is 6.10 Å². The molecule has 2 N–H and O–H groups in total. The van der Waals surface area contributed by atoms with E-state index in [2.05, 4.69) is 41.8 Å². The first-order chi connectivity index (χ1) is 12.0. The lowest BCUT2D eigenvalue weighted by Crippen LogP contribution is -2.29. The largest absolute Gasteiger partial charge is 0.491 e. The minimum absolute atomic E-state index is 0.180. The molecule has 0 bridgehead atoms. The first-order valence-corrected chi connectivity index (χ1v) is 9.93. The molecular weight excluding hydrogens is 348 g/mol. The van der Waals surface area contributed by atoms with Crippen LogP contribution in [0.2, 0.25) is 0 Å². The predicted molar refractivity (Wildman–Crippen MR) is 113 cm³/mol. The number of aryl methyl sites for hydroxylation is 1. The van der Waals surface area contributed by atoms with Gasteiger partial charge < -0.3 is 15.4 Å². The molecule has 5 heteroatoms. The summed E-state index contributed by atoms with van der Waals surface area (Å²) in [5.74, 6) is 1.94. The molecule has 3 nitrogen and oxygen atoms in total. The van der Waals surface area contributed by atoms with Crippen LogP contribution in [0.15, 0.2) is 53.4 Å². The number of ether oxygens (including phenoxy) is 1. The minimum atomic E-state index is 0.180. The van der Waals surface area contributed by atoms with Gasteiger partial charge in [-0.3, -0.25) is 0 Å². The van der Waals surface area contributed by atoms with E-state index in [1.54, 1.807) is 0 Å². The molecule has 0 heterocycles. The zero-order valence-electron chi connectivity index (χ0n) is 15.0. The molecule has 0 aliphatic heterocycles.